The number of aromatic nitrogens is 2. The highest BCUT2D eigenvalue weighted by atomic mass is 16.3. The minimum Gasteiger partial charge on any atom is -0.393 e. The average Bonchev–Trinajstić information content (AvgIpc) is 2.61. The topological polar surface area (TPSA) is 41.3 Å². The Morgan fingerprint density at radius 1 is 1.44 bits per heavy atom. The highest BCUT2D eigenvalue weighted by molar-refractivity contribution is 4.96. The van der Waals surface area contributed by atoms with Crippen molar-refractivity contribution >= 4 is 0 Å². The van der Waals surface area contributed by atoms with Crippen LogP contribution in [0.5, 0.6) is 0 Å². The molecule has 2 rings (SSSR count). The maximum absolute atomic E-state index is 9.89. The van der Waals surface area contributed by atoms with Crippen LogP contribution in [-0.2, 0) is 6.54 Å². The second-order valence-electron chi connectivity index (χ2n) is 6.28. The lowest BCUT2D eigenvalue weighted by Gasteiger charge is -2.29. The number of aryl methyl sites for hydroxylation is 1. The normalized spacial score (nSPS) is 25.0. The Morgan fingerprint density at radius 3 is 2.89 bits per heavy atom. The number of hydrogen-bond donors (Lipinski definition) is 1. The molecule has 0 bridgehead atoms. The van der Waals surface area contributed by atoms with Gasteiger partial charge in [0.25, 0.3) is 0 Å². The van der Waals surface area contributed by atoms with Gasteiger partial charge in [0.2, 0.25) is 0 Å². The molecule has 18 heavy (non-hydrogen) atoms. The molecule has 0 radical (unpaired) electrons. The van der Waals surface area contributed by atoms with Crippen LogP contribution in [0.2, 0.25) is 0 Å². The van der Waals surface area contributed by atoms with Crippen molar-refractivity contribution in [1.29, 1.82) is 0 Å². The fourth-order valence-electron chi connectivity index (χ4n) is 2.88. The van der Waals surface area contributed by atoms with E-state index in [-0.39, 0.29) is 11.5 Å². The fourth-order valence-corrected chi connectivity index (χ4v) is 2.88. The summed E-state index contributed by atoms with van der Waals surface area (Å²) in [5, 5.41) is 14.2. The summed E-state index contributed by atoms with van der Waals surface area (Å²) in [7, 11) is 0. The monoisotopic (exact) mass is 251 g/mol. The van der Waals surface area contributed by atoms with Gasteiger partial charge in [0.1, 0.15) is 0 Å². The van der Waals surface area contributed by atoms with Crippen LogP contribution in [0.25, 0.3) is 0 Å². The number of nitrogens with zero attached hydrogens (tertiary/aromatic N) is 3. The van der Waals surface area contributed by atoms with Crippen LogP contribution in [0.15, 0.2) is 12.3 Å². The first-order valence-corrected chi connectivity index (χ1v) is 6.85. The summed E-state index contributed by atoms with van der Waals surface area (Å²) >= 11 is 0. The van der Waals surface area contributed by atoms with Crippen molar-refractivity contribution in [1.82, 2.24) is 14.7 Å². The van der Waals surface area contributed by atoms with Gasteiger partial charge < -0.3 is 10.0 Å². The van der Waals surface area contributed by atoms with E-state index in [1.54, 1.807) is 0 Å². The molecule has 0 saturated carbocycles. The van der Waals surface area contributed by atoms with Gasteiger partial charge in [0, 0.05) is 31.5 Å². The summed E-state index contributed by atoms with van der Waals surface area (Å²) in [4.78, 5) is 2.46. The summed E-state index contributed by atoms with van der Waals surface area (Å²) in [5.41, 5.74) is 1.42. The van der Waals surface area contributed by atoms with Gasteiger partial charge >= 0.3 is 0 Å². The highest BCUT2D eigenvalue weighted by Crippen LogP contribution is 2.28. The first-order valence-electron chi connectivity index (χ1n) is 6.85. The third-order valence-corrected chi connectivity index (χ3v) is 3.78. The Balaban J connectivity index is 1.91. The zero-order chi connectivity index (χ0) is 13.2. The lowest BCUT2D eigenvalue weighted by molar-refractivity contribution is 0.121. The van der Waals surface area contributed by atoms with Crippen LogP contribution in [0.1, 0.15) is 32.4 Å². The third-order valence-electron chi connectivity index (χ3n) is 3.78. The van der Waals surface area contributed by atoms with E-state index in [2.05, 4.69) is 30.8 Å². The van der Waals surface area contributed by atoms with E-state index in [0.29, 0.717) is 0 Å². The first kappa shape index (κ1) is 13.6. The van der Waals surface area contributed by atoms with Crippen molar-refractivity contribution in [3.05, 3.63) is 18.0 Å². The quantitative estimate of drug-likeness (QED) is 0.888. The Kier molecular flexibility index (Phi) is 4.07. The SMILES string of the molecule is Cc1ccnn1CCN1CC[C@H](O)CC(C)(C)C1. The molecule has 2 heterocycles. The van der Waals surface area contributed by atoms with Crippen molar-refractivity contribution in [2.75, 3.05) is 19.6 Å². The minimum atomic E-state index is -0.142. The zero-order valence-corrected chi connectivity index (χ0v) is 11.8. The summed E-state index contributed by atoms with van der Waals surface area (Å²) in [6, 6.07) is 2.04. The Hall–Kier alpha value is -0.870. The second-order valence-corrected chi connectivity index (χ2v) is 6.28. The second kappa shape index (κ2) is 5.41. The summed E-state index contributed by atoms with van der Waals surface area (Å²) in [6.07, 6.45) is 3.51. The molecule has 1 aliphatic heterocycles. The van der Waals surface area contributed by atoms with Gasteiger partial charge in [-0.25, -0.2) is 0 Å². The summed E-state index contributed by atoms with van der Waals surface area (Å²) < 4.78 is 2.05. The molecular weight excluding hydrogens is 226 g/mol. The summed E-state index contributed by atoms with van der Waals surface area (Å²) in [6.45, 7) is 10.6. The van der Waals surface area contributed by atoms with Crippen molar-refractivity contribution in [2.24, 2.45) is 5.41 Å². The lowest BCUT2D eigenvalue weighted by atomic mass is 9.87. The van der Waals surface area contributed by atoms with Crippen LogP contribution in [0.4, 0.5) is 0 Å². The van der Waals surface area contributed by atoms with Crippen molar-refractivity contribution in [3.63, 3.8) is 0 Å². The van der Waals surface area contributed by atoms with Crippen LogP contribution >= 0.6 is 0 Å². The predicted octanol–water partition coefficient (Wildman–Crippen LogP) is 1.67. The molecule has 102 valence electrons. The maximum Gasteiger partial charge on any atom is 0.0558 e. The molecule has 1 fully saturated rings. The standard InChI is InChI=1S/C14H25N3O/c1-12-4-6-15-17(12)9-8-16-7-5-13(18)10-14(2,3)11-16/h4,6,13,18H,5,7-11H2,1-3H3/t13-/m0/s1. The Labute approximate surface area is 110 Å². The molecule has 1 N–H and O–H groups in total. The largest absolute Gasteiger partial charge is 0.393 e. The molecule has 4 heteroatoms. The lowest BCUT2D eigenvalue weighted by Crippen LogP contribution is -2.35. The number of aliphatic hydroxyl groups excluding tert-OH is 1. The fraction of sp³-hybridized carbons (Fsp3) is 0.786. The van der Waals surface area contributed by atoms with Crippen LogP contribution in [-0.4, -0.2) is 45.5 Å². The molecule has 0 aromatic carbocycles. The molecule has 0 unspecified atom stereocenters. The molecule has 1 aliphatic rings. The zero-order valence-electron chi connectivity index (χ0n) is 11.8. The van der Waals surface area contributed by atoms with E-state index in [1.807, 2.05) is 16.9 Å². The van der Waals surface area contributed by atoms with Gasteiger partial charge in [0.15, 0.2) is 0 Å². The highest BCUT2D eigenvalue weighted by Gasteiger charge is 2.28. The van der Waals surface area contributed by atoms with Gasteiger partial charge in [-0.15, -0.1) is 0 Å². The molecule has 0 aliphatic carbocycles. The molecule has 1 saturated heterocycles. The molecule has 1 aromatic heterocycles. The van der Waals surface area contributed by atoms with Crippen molar-refractivity contribution in [2.45, 2.75) is 46.3 Å². The molecule has 1 aromatic rings. The predicted molar refractivity (Wildman–Crippen MR) is 72.4 cm³/mol. The molecule has 0 spiro atoms. The van der Waals surface area contributed by atoms with E-state index in [4.69, 9.17) is 0 Å². The first-order chi connectivity index (χ1) is 8.46. The van der Waals surface area contributed by atoms with Gasteiger partial charge in [0.05, 0.1) is 12.6 Å². The Morgan fingerprint density at radius 2 is 2.22 bits per heavy atom. The third kappa shape index (κ3) is 3.56. The molecule has 0 amide bonds. The van der Waals surface area contributed by atoms with E-state index in [0.717, 1.165) is 39.0 Å². The Bertz CT molecular complexity index is 386. The smallest absolute Gasteiger partial charge is 0.0558 e. The minimum absolute atomic E-state index is 0.142. The molecule has 4 nitrogen and oxygen atoms in total. The van der Waals surface area contributed by atoms with E-state index in [9.17, 15) is 5.11 Å². The van der Waals surface area contributed by atoms with Crippen LogP contribution < -0.4 is 0 Å². The van der Waals surface area contributed by atoms with Gasteiger partial charge in [-0.2, -0.15) is 5.10 Å². The van der Waals surface area contributed by atoms with Crippen LogP contribution in [0.3, 0.4) is 0 Å². The summed E-state index contributed by atoms with van der Waals surface area (Å²) in [5.74, 6) is 0. The van der Waals surface area contributed by atoms with Crippen LogP contribution in [0, 0.1) is 12.3 Å². The molecule has 1 atom stereocenters. The molecular formula is C14H25N3O. The number of hydrogen-bond acceptors (Lipinski definition) is 3. The number of aliphatic hydroxyl groups is 1. The number of rotatable bonds is 3. The van der Waals surface area contributed by atoms with Gasteiger partial charge in [-0.05, 0) is 31.2 Å². The number of likely N-dealkylation sites (tertiary alicyclic amines) is 1. The van der Waals surface area contributed by atoms with Gasteiger partial charge in [-0.1, -0.05) is 13.8 Å². The van der Waals surface area contributed by atoms with E-state index >= 15 is 0 Å². The van der Waals surface area contributed by atoms with E-state index in [1.165, 1.54) is 5.69 Å². The van der Waals surface area contributed by atoms with E-state index < -0.39 is 0 Å². The van der Waals surface area contributed by atoms with Crippen molar-refractivity contribution in [3.8, 4) is 0 Å². The average molecular weight is 251 g/mol. The van der Waals surface area contributed by atoms with Gasteiger partial charge in [-0.3, -0.25) is 4.68 Å². The van der Waals surface area contributed by atoms with Crippen molar-refractivity contribution < 1.29 is 5.11 Å². The maximum atomic E-state index is 9.89.